The molecule has 1 aliphatic carbocycles. The molecule has 0 aromatic carbocycles. The fourth-order valence-corrected chi connectivity index (χ4v) is 3.29. The Kier molecular flexibility index (Phi) is 3.79. The molecule has 16 heavy (non-hydrogen) atoms. The van der Waals surface area contributed by atoms with E-state index in [-0.39, 0.29) is 0 Å². The summed E-state index contributed by atoms with van der Waals surface area (Å²) in [4.78, 5) is 0. The van der Waals surface area contributed by atoms with Gasteiger partial charge in [0.25, 0.3) is 0 Å². The standard InChI is InChI=1S/C12H21N3S/c1-8(2)6-11-14-15-12(16-11)13-10-5-4-9(3)7-10/h8-10H,4-7H2,1-3H3,(H,13,15). The maximum absolute atomic E-state index is 4.22. The van der Waals surface area contributed by atoms with E-state index in [4.69, 9.17) is 0 Å². The second-order valence-electron chi connectivity index (χ2n) is 5.36. The zero-order valence-electron chi connectivity index (χ0n) is 10.4. The fraction of sp³-hybridized carbons (Fsp3) is 0.833. The minimum absolute atomic E-state index is 0.620. The largest absolute Gasteiger partial charge is 0.357 e. The molecule has 0 aliphatic heterocycles. The van der Waals surface area contributed by atoms with Crippen molar-refractivity contribution < 1.29 is 0 Å². The van der Waals surface area contributed by atoms with Crippen LogP contribution in [-0.4, -0.2) is 16.2 Å². The molecule has 3 nitrogen and oxygen atoms in total. The van der Waals surface area contributed by atoms with E-state index in [2.05, 4.69) is 36.3 Å². The van der Waals surface area contributed by atoms with Crippen LogP contribution in [0.15, 0.2) is 0 Å². The van der Waals surface area contributed by atoms with Gasteiger partial charge in [-0.1, -0.05) is 32.1 Å². The Bertz CT molecular complexity index is 335. The number of hydrogen-bond donors (Lipinski definition) is 1. The Morgan fingerprint density at radius 3 is 2.81 bits per heavy atom. The summed E-state index contributed by atoms with van der Waals surface area (Å²) < 4.78 is 0. The van der Waals surface area contributed by atoms with Gasteiger partial charge < -0.3 is 5.32 Å². The second-order valence-corrected chi connectivity index (χ2v) is 6.42. The molecule has 1 aromatic heterocycles. The van der Waals surface area contributed by atoms with Gasteiger partial charge >= 0.3 is 0 Å². The lowest BCUT2D eigenvalue weighted by Gasteiger charge is -2.09. The van der Waals surface area contributed by atoms with Crippen LogP contribution in [0.25, 0.3) is 0 Å². The van der Waals surface area contributed by atoms with Crippen LogP contribution in [0.5, 0.6) is 0 Å². The SMILES string of the molecule is CC(C)Cc1nnc(NC2CCC(C)C2)s1. The van der Waals surface area contributed by atoms with E-state index in [0.717, 1.165) is 22.5 Å². The van der Waals surface area contributed by atoms with Crippen molar-refractivity contribution >= 4 is 16.5 Å². The Balaban J connectivity index is 1.87. The lowest BCUT2D eigenvalue weighted by Crippen LogP contribution is -2.14. The minimum Gasteiger partial charge on any atom is -0.357 e. The van der Waals surface area contributed by atoms with Crippen molar-refractivity contribution in [2.24, 2.45) is 11.8 Å². The van der Waals surface area contributed by atoms with Crippen LogP contribution in [0, 0.1) is 11.8 Å². The molecule has 0 bridgehead atoms. The smallest absolute Gasteiger partial charge is 0.205 e. The molecule has 1 N–H and O–H groups in total. The molecule has 2 unspecified atom stereocenters. The highest BCUT2D eigenvalue weighted by molar-refractivity contribution is 7.15. The normalized spacial score (nSPS) is 25.2. The van der Waals surface area contributed by atoms with Crippen LogP contribution in [0.3, 0.4) is 0 Å². The van der Waals surface area contributed by atoms with Gasteiger partial charge in [0.05, 0.1) is 0 Å². The molecule has 2 rings (SSSR count). The predicted octanol–water partition coefficient (Wildman–Crippen LogP) is 3.34. The fourth-order valence-electron chi connectivity index (χ4n) is 2.26. The summed E-state index contributed by atoms with van der Waals surface area (Å²) in [6.07, 6.45) is 4.94. The average Bonchev–Trinajstić information content (AvgIpc) is 2.76. The summed E-state index contributed by atoms with van der Waals surface area (Å²) in [5.74, 6) is 1.52. The first-order valence-electron chi connectivity index (χ1n) is 6.22. The molecule has 1 aliphatic rings. The first-order chi connectivity index (χ1) is 7.63. The van der Waals surface area contributed by atoms with Gasteiger partial charge in [0.2, 0.25) is 5.13 Å². The van der Waals surface area contributed by atoms with Gasteiger partial charge in [-0.2, -0.15) is 0 Å². The molecule has 0 radical (unpaired) electrons. The summed E-state index contributed by atoms with van der Waals surface area (Å²) >= 11 is 1.72. The Hall–Kier alpha value is -0.640. The van der Waals surface area contributed by atoms with Gasteiger partial charge in [-0.15, -0.1) is 10.2 Å². The summed E-state index contributed by atoms with van der Waals surface area (Å²) in [6, 6.07) is 0.620. The third-order valence-electron chi connectivity index (χ3n) is 3.07. The van der Waals surface area contributed by atoms with Gasteiger partial charge in [-0.25, -0.2) is 0 Å². The topological polar surface area (TPSA) is 37.8 Å². The zero-order chi connectivity index (χ0) is 11.5. The van der Waals surface area contributed by atoms with Crippen LogP contribution >= 0.6 is 11.3 Å². The monoisotopic (exact) mass is 239 g/mol. The number of rotatable bonds is 4. The number of nitrogens with one attached hydrogen (secondary N) is 1. The van der Waals surface area contributed by atoms with E-state index in [1.54, 1.807) is 11.3 Å². The molecule has 0 spiro atoms. The number of hydrogen-bond acceptors (Lipinski definition) is 4. The Morgan fingerprint density at radius 1 is 1.38 bits per heavy atom. The Morgan fingerprint density at radius 2 is 2.19 bits per heavy atom. The molecule has 1 fully saturated rings. The molecule has 1 heterocycles. The van der Waals surface area contributed by atoms with Crippen LogP contribution in [-0.2, 0) is 6.42 Å². The van der Waals surface area contributed by atoms with Crippen LogP contribution in [0.1, 0.15) is 45.0 Å². The van der Waals surface area contributed by atoms with Crippen molar-refractivity contribution in [1.29, 1.82) is 0 Å². The third-order valence-corrected chi connectivity index (χ3v) is 3.95. The summed E-state index contributed by atoms with van der Waals surface area (Å²) in [5, 5.41) is 14.1. The van der Waals surface area contributed by atoms with Gasteiger partial charge in [0.1, 0.15) is 5.01 Å². The second kappa shape index (κ2) is 5.13. The highest BCUT2D eigenvalue weighted by Crippen LogP contribution is 2.28. The maximum atomic E-state index is 4.22. The quantitative estimate of drug-likeness (QED) is 0.875. The van der Waals surface area contributed by atoms with E-state index < -0.39 is 0 Å². The summed E-state index contributed by atoms with van der Waals surface area (Å²) in [7, 11) is 0. The first kappa shape index (κ1) is 11.8. The maximum Gasteiger partial charge on any atom is 0.205 e. The van der Waals surface area contributed by atoms with Crippen molar-refractivity contribution in [3.8, 4) is 0 Å². The summed E-state index contributed by atoms with van der Waals surface area (Å²) in [5.41, 5.74) is 0. The molecule has 0 amide bonds. The van der Waals surface area contributed by atoms with E-state index in [1.165, 1.54) is 19.3 Å². The molecule has 0 saturated heterocycles. The highest BCUT2D eigenvalue weighted by atomic mass is 32.1. The van der Waals surface area contributed by atoms with Crippen LogP contribution in [0.2, 0.25) is 0 Å². The lowest BCUT2D eigenvalue weighted by molar-refractivity contribution is 0.602. The Labute approximate surface area is 102 Å². The average molecular weight is 239 g/mol. The van der Waals surface area contributed by atoms with Gasteiger partial charge in [-0.3, -0.25) is 0 Å². The molecule has 1 saturated carbocycles. The number of nitrogens with zero attached hydrogens (tertiary/aromatic N) is 2. The third kappa shape index (κ3) is 3.17. The van der Waals surface area contributed by atoms with Gasteiger partial charge in [0.15, 0.2) is 0 Å². The van der Waals surface area contributed by atoms with Gasteiger partial charge in [0, 0.05) is 12.5 Å². The zero-order valence-corrected chi connectivity index (χ0v) is 11.2. The van der Waals surface area contributed by atoms with Crippen molar-refractivity contribution in [3.63, 3.8) is 0 Å². The molecular formula is C12H21N3S. The molecule has 2 atom stereocenters. The highest BCUT2D eigenvalue weighted by Gasteiger charge is 2.22. The van der Waals surface area contributed by atoms with Gasteiger partial charge in [-0.05, 0) is 31.1 Å². The van der Waals surface area contributed by atoms with E-state index in [9.17, 15) is 0 Å². The number of anilines is 1. The van der Waals surface area contributed by atoms with Crippen molar-refractivity contribution in [2.75, 3.05) is 5.32 Å². The van der Waals surface area contributed by atoms with E-state index in [1.807, 2.05) is 0 Å². The minimum atomic E-state index is 0.620. The van der Waals surface area contributed by atoms with Crippen LogP contribution < -0.4 is 5.32 Å². The molecule has 1 aromatic rings. The molecule has 90 valence electrons. The summed E-state index contributed by atoms with van der Waals surface area (Å²) in [6.45, 7) is 6.76. The first-order valence-corrected chi connectivity index (χ1v) is 7.04. The lowest BCUT2D eigenvalue weighted by atomic mass is 10.1. The molecule has 4 heteroatoms. The molecular weight excluding hydrogens is 218 g/mol. The van der Waals surface area contributed by atoms with Crippen molar-refractivity contribution in [3.05, 3.63) is 5.01 Å². The van der Waals surface area contributed by atoms with Crippen molar-refractivity contribution in [1.82, 2.24) is 10.2 Å². The number of aromatic nitrogens is 2. The van der Waals surface area contributed by atoms with Crippen molar-refractivity contribution in [2.45, 2.75) is 52.5 Å². The predicted molar refractivity (Wildman–Crippen MR) is 68.9 cm³/mol. The van der Waals surface area contributed by atoms with Crippen LogP contribution in [0.4, 0.5) is 5.13 Å². The van der Waals surface area contributed by atoms with E-state index >= 15 is 0 Å². The van der Waals surface area contributed by atoms with E-state index in [0.29, 0.717) is 12.0 Å².